The summed E-state index contributed by atoms with van der Waals surface area (Å²) in [4.78, 5) is 0.163. The summed E-state index contributed by atoms with van der Waals surface area (Å²) in [5, 5.41) is 4.07. The number of hydrogen-bond acceptors (Lipinski definition) is 4. The van der Waals surface area contributed by atoms with Gasteiger partial charge in [-0.1, -0.05) is 24.3 Å². The number of benzene rings is 2. The van der Waals surface area contributed by atoms with Crippen molar-refractivity contribution in [2.45, 2.75) is 25.3 Å². The number of thiophene rings is 1. The van der Waals surface area contributed by atoms with E-state index in [1.54, 1.807) is 23.5 Å². The van der Waals surface area contributed by atoms with E-state index in [2.05, 4.69) is 10.1 Å². The van der Waals surface area contributed by atoms with Crippen LogP contribution in [-0.2, 0) is 16.6 Å². The molecule has 4 nitrogen and oxygen atoms in total. The normalized spacial score (nSPS) is 11.5. The van der Waals surface area contributed by atoms with Gasteiger partial charge in [0.15, 0.2) is 0 Å². The first-order valence-electron chi connectivity index (χ1n) is 8.18. The number of rotatable bonds is 6. The lowest BCUT2D eigenvalue weighted by atomic mass is 10.0. The molecule has 0 bridgehead atoms. The molecule has 0 aliphatic heterocycles. The molecule has 0 aliphatic carbocycles. The van der Waals surface area contributed by atoms with Crippen LogP contribution in [0, 0.1) is 13.8 Å². The van der Waals surface area contributed by atoms with Crippen LogP contribution in [0.1, 0.15) is 16.7 Å². The largest absolute Gasteiger partial charge is 0.495 e. The van der Waals surface area contributed by atoms with Gasteiger partial charge in [0.1, 0.15) is 10.6 Å². The van der Waals surface area contributed by atoms with Crippen molar-refractivity contribution in [2.75, 3.05) is 7.11 Å². The van der Waals surface area contributed by atoms with Gasteiger partial charge in [-0.05, 0) is 70.6 Å². The van der Waals surface area contributed by atoms with Gasteiger partial charge in [-0.3, -0.25) is 0 Å². The van der Waals surface area contributed by atoms with Gasteiger partial charge in [0.2, 0.25) is 10.0 Å². The van der Waals surface area contributed by atoms with Gasteiger partial charge in [-0.2, -0.15) is 11.3 Å². The third-order valence-electron chi connectivity index (χ3n) is 4.37. The van der Waals surface area contributed by atoms with E-state index < -0.39 is 10.0 Å². The minimum atomic E-state index is -3.70. The Morgan fingerprint density at radius 3 is 2.50 bits per heavy atom. The maximum absolute atomic E-state index is 12.9. The summed E-state index contributed by atoms with van der Waals surface area (Å²) in [5.74, 6) is 0.353. The van der Waals surface area contributed by atoms with Crippen LogP contribution in [-0.4, -0.2) is 15.5 Å². The van der Waals surface area contributed by atoms with Gasteiger partial charge >= 0.3 is 0 Å². The van der Waals surface area contributed by atoms with Crippen molar-refractivity contribution >= 4 is 21.4 Å². The van der Waals surface area contributed by atoms with Crippen molar-refractivity contribution in [3.05, 3.63) is 69.9 Å². The maximum atomic E-state index is 12.9. The quantitative estimate of drug-likeness (QED) is 0.677. The second kappa shape index (κ2) is 7.61. The Bertz CT molecular complexity index is 1010. The zero-order valence-corrected chi connectivity index (χ0v) is 16.6. The first kappa shape index (κ1) is 18.6. The van der Waals surface area contributed by atoms with Crippen molar-refractivity contribution in [3.8, 4) is 16.9 Å². The predicted octanol–water partition coefficient (Wildman–Crippen LogP) is 4.52. The van der Waals surface area contributed by atoms with Gasteiger partial charge in [0, 0.05) is 6.54 Å². The number of aryl methyl sites for hydroxylation is 2. The van der Waals surface area contributed by atoms with Crippen molar-refractivity contribution in [1.29, 1.82) is 0 Å². The first-order valence-corrected chi connectivity index (χ1v) is 10.6. The standard InChI is InChI=1S/C20H21NO3S2/c1-14-10-19(24-3)20(11-15(14)2)26(22,23)21-12-16-6-4-5-7-18(16)17-8-9-25-13-17/h4-11,13,21H,12H2,1-3H3. The van der Waals surface area contributed by atoms with E-state index in [0.717, 1.165) is 27.8 Å². The zero-order valence-electron chi connectivity index (χ0n) is 14.9. The summed E-state index contributed by atoms with van der Waals surface area (Å²) in [5.41, 5.74) is 4.95. The van der Waals surface area contributed by atoms with Crippen LogP contribution in [0.25, 0.3) is 11.1 Å². The van der Waals surface area contributed by atoms with Crippen molar-refractivity contribution in [3.63, 3.8) is 0 Å². The number of hydrogen-bond donors (Lipinski definition) is 1. The molecule has 0 unspecified atom stereocenters. The number of sulfonamides is 1. The van der Waals surface area contributed by atoms with Gasteiger partial charge in [-0.25, -0.2) is 13.1 Å². The van der Waals surface area contributed by atoms with Gasteiger partial charge in [0.05, 0.1) is 7.11 Å². The fraction of sp³-hybridized carbons (Fsp3) is 0.200. The molecule has 0 spiro atoms. The molecule has 0 atom stereocenters. The fourth-order valence-electron chi connectivity index (χ4n) is 2.76. The number of methoxy groups -OCH3 is 1. The Kier molecular flexibility index (Phi) is 5.46. The Hall–Kier alpha value is -2.15. The second-order valence-corrected chi connectivity index (χ2v) is 8.60. The molecule has 1 N–H and O–H groups in total. The van der Waals surface area contributed by atoms with E-state index in [4.69, 9.17) is 4.74 Å². The van der Waals surface area contributed by atoms with Crippen LogP contribution in [0.15, 0.2) is 58.1 Å². The third kappa shape index (κ3) is 3.82. The molecular formula is C20H21NO3S2. The molecule has 1 heterocycles. The molecule has 6 heteroatoms. The number of nitrogens with one attached hydrogen (secondary N) is 1. The summed E-state index contributed by atoms with van der Waals surface area (Å²) in [6.45, 7) is 4.03. The van der Waals surface area contributed by atoms with Crippen LogP contribution in [0.2, 0.25) is 0 Å². The highest BCUT2D eigenvalue weighted by molar-refractivity contribution is 7.89. The predicted molar refractivity (Wildman–Crippen MR) is 106 cm³/mol. The van der Waals surface area contributed by atoms with E-state index in [1.807, 2.05) is 49.6 Å². The fourth-order valence-corrected chi connectivity index (χ4v) is 4.65. The van der Waals surface area contributed by atoms with Crippen molar-refractivity contribution < 1.29 is 13.2 Å². The van der Waals surface area contributed by atoms with Crippen LogP contribution in [0.3, 0.4) is 0 Å². The lowest BCUT2D eigenvalue weighted by Crippen LogP contribution is -2.24. The Labute approximate surface area is 158 Å². The van der Waals surface area contributed by atoms with E-state index in [9.17, 15) is 8.42 Å². The zero-order chi connectivity index (χ0) is 18.7. The summed E-state index contributed by atoms with van der Waals surface area (Å²) >= 11 is 1.62. The molecule has 0 amide bonds. The Morgan fingerprint density at radius 2 is 1.81 bits per heavy atom. The topological polar surface area (TPSA) is 55.4 Å². The molecule has 0 fully saturated rings. The third-order valence-corrected chi connectivity index (χ3v) is 6.48. The average Bonchev–Trinajstić information content (AvgIpc) is 3.16. The highest BCUT2D eigenvalue weighted by atomic mass is 32.2. The molecule has 26 heavy (non-hydrogen) atoms. The lowest BCUT2D eigenvalue weighted by Gasteiger charge is -2.14. The molecule has 0 radical (unpaired) electrons. The summed E-state index contributed by atoms with van der Waals surface area (Å²) < 4.78 is 33.7. The minimum Gasteiger partial charge on any atom is -0.495 e. The molecule has 0 saturated carbocycles. The monoisotopic (exact) mass is 387 g/mol. The highest BCUT2D eigenvalue weighted by Crippen LogP contribution is 2.29. The van der Waals surface area contributed by atoms with Crippen molar-refractivity contribution in [1.82, 2.24) is 4.72 Å². The van der Waals surface area contributed by atoms with Crippen LogP contribution < -0.4 is 9.46 Å². The maximum Gasteiger partial charge on any atom is 0.244 e. The van der Waals surface area contributed by atoms with Crippen LogP contribution >= 0.6 is 11.3 Å². The second-order valence-electron chi connectivity index (χ2n) is 6.08. The molecule has 0 aliphatic rings. The van der Waals surface area contributed by atoms with E-state index >= 15 is 0 Å². The number of ether oxygens (including phenoxy) is 1. The highest BCUT2D eigenvalue weighted by Gasteiger charge is 2.21. The molecule has 1 aromatic heterocycles. The molecule has 2 aromatic carbocycles. The first-order chi connectivity index (χ1) is 12.4. The van der Waals surface area contributed by atoms with E-state index in [0.29, 0.717) is 5.75 Å². The Morgan fingerprint density at radius 1 is 1.08 bits per heavy atom. The van der Waals surface area contributed by atoms with Crippen LogP contribution in [0.4, 0.5) is 0 Å². The molecular weight excluding hydrogens is 366 g/mol. The van der Waals surface area contributed by atoms with E-state index in [-0.39, 0.29) is 11.4 Å². The lowest BCUT2D eigenvalue weighted by molar-refractivity contribution is 0.402. The molecule has 3 rings (SSSR count). The summed E-state index contributed by atoms with van der Waals surface area (Å²) in [6.07, 6.45) is 0. The SMILES string of the molecule is COc1cc(C)c(C)cc1S(=O)(=O)NCc1ccccc1-c1ccsc1. The summed E-state index contributed by atoms with van der Waals surface area (Å²) in [7, 11) is -2.22. The van der Waals surface area contributed by atoms with E-state index in [1.165, 1.54) is 7.11 Å². The minimum absolute atomic E-state index is 0.163. The Balaban J connectivity index is 1.90. The van der Waals surface area contributed by atoms with Crippen LogP contribution in [0.5, 0.6) is 5.75 Å². The van der Waals surface area contributed by atoms with Gasteiger partial charge in [0.25, 0.3) is 0 Å². The molecule has 136 valence electrons. The van der Waals surface area contributed by atoms with Gasteiger partial charge < -0.3 is 4.74 Å². The van der Waals surface area contributed by atoms with Crippen molar-refractivity contribution in [2.24, 2.45) is 0 Å². The molecule has 0 saturated heterocycles. The smallest absolute Gasteiger partial charge is 0.244 e. The average molecular weight is 388 g/mol. The summed E-state index contributed by atoms with van der Waals surface area (Å²) in [6, 6.07) is 13.2. The van der Waals surface area contributed by atoms with Gasteiger partial charge in [-0.15, -0.1) is 0 Å². The molecule has 3 aromatic rings.